The number of ether oxygens (including phenoxy) is 1. The Kier molecular flexibility index (Phi) is 4.41. The van der Waals surface area contributed by atoms with Crippen molar-refractivity contribution >= 4 is 17.3 Å². The van der Waals surface area contributed by atoms with Crippen LogP contribution in [-0.2, 0) is 9.53 Å². The smallest absolute Gasteiger partial charge is 0.244 e. The van der Waals surface area contributed by atoms with E-state index in [4.69, 9.17) is 4.74 Å². The first-order valence-electron chi connectivity index (χ1n) is 7.75. The summed E-state index contributed by atoms with van der Waals surface area (Å²) in [7, 11) is 0. The van der Waals surface area contributed by atoms with Crippen LogP contribution in [0.4, 0.5) is 11.4 Å². The molecule has 2 N–H and O–H groups in total. The lowest BCUT2D eigenvalue weighted by Crippen LogP contribution is -2.53. The summed E-state index contributed by atoms with van der Waals surface area (Å²) in [6, 6.07) is 7.81. The zero-order valence-electron chi connectivity index (χ0n) is 12.5. The minimum absolute atomic E-state index is 0.0271. The summed E-state index contributed by atoms with van der Waals surface area (Å²) in [5.74, 6) is -0.0271. The monoisotopic (exact) mass is 289 g/mol. The van der Waals surface area contributed by atoms with E-state index >= 15 is 0 Å². The van der Waals surface area contributed by atoms with Gasteiger partial charge < -0.3 is 20.3 Å². The molecule has 5 nitrogen and oxygen atoms in total. The molecule has 2 aliphatic rings. The summed E-state index contributed by atoms with van der Waals surface area (Å²) in [5.41, 5.74) is 2.04. The third-order valence-electron chi connectivity index (χ3n) is 4.18. The second kappa shape index (κ2) is 6.45. The van der Waals surface area contributed by atoms with Gasteiger partial charge in [0.25, 0.3) is 0 Å². The van der Waals surface area contributed by atoms with Crippen LogP contribution in [0.3, 0.4) is 0 Å². The first-order valence-corrected chi connectivity index (χ1v) is 7.75. The third-order valence-corrected chi connectivity index (χ3v) is 4.18. The molecule has 0 bridgehead atoms. The Morgan fingerprint density at radius 3 is 2.95 bits per heavy atom. The van der Waals surface area contributed by atoms with E-state index in [9.17, 15) is 4.79 Å². The van der Waals surface area contributed by atoms with E-state index in [1.54, 1.807) is 0 Å². The van der Waals surface area contributed by atoms with E-state index in [-0.39, 0.29) is 18.1 Å². The fraction of sp³-hybridized carbons (Fsp3) is 0.562. The van der Waals surface area contributed by atoms with Gasteiger partial charge >= 0.3 is 0 Å². The van der Waals surface area contributed by atoms with Gasteiger partial charge in [-0.2, -0.15) is 0 Å². The SMILES string of the molecule is C[C@H]1OCCN[C@@H]1C(=O)Nc1cccc(N2CCCC2)c1. The van der Waals surface area contributed by atoms with Gasteiger partial charge in [-0.3, -0.25) is 4.79 Å². The van der Waals surface area contributed by atoms with Crippen molar-refractivity contribution in [2.75, 3.05) is 36.5 Å². The van der Waals surface area contributed by atoms with Crippen LogP contribution < -0.4 is 15.5 Å². The van der Waals surface area contributed by atoms with Gasteiger partial charge in [0.15, 0.2) is 0 Å². The van der Waals surface area contributed by atoms with Crippen LogP contribution >= 0.6 is 0 Å². The molecule has 2 saturated heterocycles. The Bertz CT molecular complexity index is 500. The lowest BCUT2D eigenvalue weighted by atomic mass is 10.1. The second-order valence-corrected chi connectivity index (χ2v) is 5.74. The van der Waals surface area contributed by atoms with Crippen molar-refractivity contribution < 1.29 is 9.53 Å². The normalized spacial score (nSPS) is 25.9. The molecule has 0 aliphatic carbocycles. The maximum absolute atomic E-state index is 12.3. The van der Waals surface area contributed by atoms with Crippen LogP contribution in [0.1, 0.15) is 19.8 Å². The highest BCUT2D eigenvalue weighted by Crippen LogP contribution is 2.23. The molecule has 2 aliphatic heterocycles. The number of amides is 1. The Hall–Kier alpha value is -1.59. The number of carbonyl (C=O) groups is 1. The minimum Gasteiger partial charge on any atom is -0.375 e. The fourth-order valence-electron chi connectivity index (χ4n) is 3.00. The summed E-state index contributed by atoms with van der Waals surface area (Å²) in [5, 5.41) is 6.21. The number of nitrogens with one attached hydrogen (secondary N) is 2. The van der Waals surface area contributed by atoms with Crippen LogP contribution in [0.2, 0.25) is 0 Å². The van der Waals surface area contributed by atoms with E-state index in [1.165, 1.54) is 18.5 Å². The molecule has 1 amide bonds. The molecule has 0 radical (unpaired) electrons. The molecule has 5 heteroatoms. The van der Waals surface area contributed by atoms with E-state index in [1.807, 2.05) is 19.1 Å². The van der Waals surface area contributed by atoms with Crippen molar-refractivity contribution in [3.8, 4) is 0 Å². The highest BCUT2D eigenvalue weighted by Gasteiger charge is 2.28. The predicted molar refractivity (Wildman–Crippen MR) is 83.7 cm³/mol. The fourth-order valence-corrected chi connectivity index (χ4v) is 3.00. The molecule has 0 aromatic heterocycles. The molecule has 0 spiro atoms. The molecule has 114 valence electrons. The van der Waals surface area contributed by atoms with E-state index in [2.05, 4.69) is 27.7 Å². The number of nitrogens with zero attached hydrogens (tertiary/aromatic N) is 1. The van der Waals surface area contributed by atoms with E-state index in [0.29, 0.717) is 6.61 Å². The number of hydrogen-bond donors (Lipinski definition) is 2. The second-order valence-electron chi connectivity index (χ2n) is 5.74. The first kappa shape index (κ1) is 14.4. The number of hydrogen-bond acceptors (Lipinski definition) is 4. The molecule has 2 heterocycles. The summed E-state index contributed by atoms with van der Waals surface area (Å²) >= 11 is 0. The summed E-state index contributed by atoms with van der Waals surface area (Å²) < 4.78 is 5.52. The molecular formula is C16H23N3O2. The van der Waals surface area contributed by atoms with Crippen LogP contribution in [0.5, 0.6) is 0 Å². The molecule has 1 aromatic carbocycles. The van der Waals surface area contributed by atoms with Crippen molar-refractivity contribution in [2.24, 2.45) is 0 Å². The predicted octanol–water partition coefficient (Wildman–Crippen LogP) is 1.60. The molecule has 2 fully saturated rings. The lowest BCUT2D eigenvalue weighted by molar-refractivity contribution is -0.123. The van der Waals surface area contributed by atoms with Crippen LogP contribution in [0, 0.1) is 0 Å². The molecular weight excluding hydrogens is 266 g/mol. The molecule has 2 atom stereocenters. The maximum Gasteiger partial charge on any atom is 0.244 e. The maximum atomic E-state index is 12.3. The Morgan fingerprint density at radius 2 is 2.19 bits per heavy atom. The van der Waals surface area contributed by atoms with Crippen LogP contribution in [0.15, 0.2) is 24.3 Å². The summed E-state index contributed by atoms with van der Waals surface area (Å²) in [4.78, 5) is 14.7. The molecule has 3 rings (SSSR count). The van der Waals surface area contributed by atoms with Crippen molar-refractivity contribution in [3.05, 3.63) is 24.3 Å². The number of benzene rings is 1. The zero-order chi connectivity index (χ0) is 14.7. The summed E-state index contributed by atoms with van der Waals surface area (Å²) in [6.07, 6.45) is 2.40. The number of morpholine rings is 1. The van der Waals surface area contributed by atoms with Crippen molar-refractivity contribution in [3.63, 3.8) is 0 Å². The third kappa shape index (κ3) is 3.36. The van der Waals surface area contributed by atoms with E-state index in [0.717, 1.165) is 25.3 Å². The largest absolute Gasteiger partial charge is 0.375 e. The van der Waals surface area contributed by atoms with Gasteiger partial charge in [0.1, 0.15) is 6.04 Å². The lowest BCUT2D eigenvalue weighted by Gasteiger charge is -2.29. The van der Waals surface area contributed by atoms with Gasteiger partial charge in [0, 0.05) is 31.0 Å². The van der Waals surface area contributed by atoms with Gasteiger partial charge in [-0.1, -0.05) is 6.07 Å². The molecule has 1 aromatic rings. The number of carbonyl (C=O) groups excluding carboxylic acids is 1. The van der Waals surface area contributed by atoms with Crippen molar-refractivity contribution in [2.45, 2.75) is 31.9 Å². The topological polar surface area (TPSA) is 53.6 Å². The van der Waals surface area contributed by atoms with Crippen LogP contribution in [-0.4, -0.2) is 44.3 Å². The molecule has 0 unspecified atom stereocenters. The number of anilines is 2. The quantitative estimate of drug-likeness (QED) is 0.887. The van der Waals surface area contributed by atoms with Gasteiger partial charge in [0.05, 0.1) is 12.7 Å². The van der Waals surface area contributed by atoms with Gasteiger partial charge in [0.2, 0.25) is 5.91 Å². The Balaban J connectivity index is 1.66. The average molecular weight is 289 g/mol. The summed E-state index contributed by atoms with van der Waals surface area (Å²) in [6.45, 7) is 5.52. The number of rotatable bonds is 3. The first-order chi connectivity index (χ1) is 10.2. The molecule has 0 saturated carbocycles. The molecule has 21 heavy (non-hydrogen) atoms. The van der Waals surface area contributed by atoms with Gasteiger partial charge in [-0.25, -0.2) is 0 Å². The van der Waals surface area contributed by atoms with Gasteiger partial charge in [-0.15, -0.1) is 0 Å². The minimum atomic E-state index is -0.283. The van der Waals surface area contributed by atoms with Gasteiger partial charge in [-0.05, 0) is 38.0 Å². The highest BCUT2D eigenvalue weighted by atomic mass is 16.5. The van der Waals surface area contributed by atoms with Crippen molar-refractivity contribution in [1.82, 2.24) is 5.32 Å². The highest BCUT2D eigenvalue weighted by molar-refractivity contribution is 5.95. The Morgan fingerprint density at radius 1 is 1.38 bits per heavy atom. The van der Waals surface area contributed by atoms with Crippen molar-refractivity contribution in [1.29, 1.82) is 0 Å². The zero-order valence-corrected chi connectivity index (χ0v) is 12.5. The standard InChI is InChI=1S/C16H23N3O2/c1-12-15(17-7-10-21-12)16(20)18-13-5-4-6-14(11-13)19-8-2-3-9-19/h4-6,11-12,15,17H,2-3,7-10H2,1H3,(H,18,20)/t12-,15+/m1/s1. The van der Waals surface area contributed by atoms with E-state index < -0.39 is 0 Å². The van der Waals surface area contributed by atoms with Crippen LogP contribution in [0.25, 0.3) is 0 Å². The average Bonchev–Trinajstić information content (AvgIpc) is 3.02. The Labute approximate surface area is 125 Å².